The second-order valence-electron chi connectivity index (χ2n) is 6.57. The number of ether oxygens (including phenoxy) is 1. The first-order chi connectivity index (χ1) is 13.9. The van der Waals surface area contributed by atoms with E-state index in [2.05, 4.69) is 16.7 Å². The molecule has 3 rings (SSSR count). The number of allylic oxidation sites excluding steroid dienone is 3. The molecule has 0 radical (unpaired) electrons. The molecule has 1 amide bonds. The number of amides is 1. The summed E-state index contributed by atoms with van der Waals surface area (Å²) in [4.78, 5) is 13.2. The van der Waals surface area contributed by atoms with Gasteiger partial charge in [0.15, 0.2) is 0 Å². The molecule has 5 nitrogen and oxygen atoms in total. The van der Waals surface area contributed by atoms with Crippen molar-refractivity contribution in [1.82, 2.24) is 5.32 Å². The van der Waals surface area contributed by atoms with E-state index in [0.29, 0.717) is 22.8 Å². The third-order valence-electron chi connectivity index (χ3n) is 4.75. The summed E-state index contributed by atoms with van der Waals surface area (Å²) in [5.74, 6) is -1.42. The van der Waals surface area contributed by atoms with Gasteiger partial charge >= 0.3 is 0 Å². The van der Waals surface area contributed by atoms with E-state index in [0.717, 1.165) is 0 Å². The Morgan fingerprint density at radius 1 is 1.24 bits per heavy atom. The molecule has 0 saturated carbocycles. The van der Waals surface area contributed by atoms with Crippen molar-refractivity contribution >= 4 is 23.2 Å². The molecule has 0 saturated heterocycles. The number of rotatable bonds is 4. The Morgan fingerprint density at radius 2 is 1.97 bits per heavy atom. The summed E-state index contributed by atoms with van der Waals surface area (Å²) in [6.07, 6.45) is 0. The maximum Gasteiger partial charge on any atom is 0.254 e. The summed E-state index contributed by atoms with van der Waals surface area (Å²) in [7, 11) is 1.50. The minimum atomic E-state index is -0.867. The van der Waals surface area contributed by atoms with Gasteiger partial charge in [-0.1, -0.05) is 29.8 Å². The average Bonchev–Trinajstić information content (AvgIpc) is 2.68. The Balaban J connectivity index is 2.10. The van der Waals surface area contributed by atoms with Gasteiger partial charge in [-0.2, -0.15) is 5.26 Å². The molecule has 1 atom stereocenters. The van der Waals surface area contributed by atoms with Crippen LogP contribution in [0.4, 0.5) is 10.1 Å². The monoisotopic (exact) mass is 411 g/mol. The average molecular weight is 412 g/mol. The van der Waals surface area contributed by atoms with E-state index in [1.807, 2.05) is 0 Å². The molecule has 1 aliphatic heterocycles. The molecule has 0 bridgehead atoms. The van der Waals surface area contributed by atoms with E-state index >= 15 is 0 Å². The number of para-hydroxylation sites is 2. The van der Waals surface area contributed by atoms with Crippen molar-refractivity contribution in [1.29, 1.82) is 5.26 Å². The van der Waals surface area contributed by atoms with Gasteiger partial charge in [0.1, 0.15) is 11.6 Å². The molecule has 1 aliphatic rings. The molecule has 2 aromatic rings. The number of hydrogen-bond donors (Lipinski definition) is 2. The number of dihydropyridines is 1. The van der Waals surface area contributed by atoms with Crippen molar-refractivity contribution < 1.29 is 13.9 Å². The Labute approximate surface area is 173 Å². The first kappa shape index (κ1) is 20.4. The molecule has 1 unspecified atom stereocenters. The lowest BCUT2D eigenvalue weighted by Gasteiger charge is -2.29. The quantitative estimate of drug-likeness (QED) is 0.751. The highest BCUT2D eigenvalue weighted by atomic mass is 35.5. The van der Waals surface area contributed by atoms with Gasteiger partial charge in [0.2, 0.25) is 0 Å². The second kappa shape index (κ2) is 8.38. The molecule has 0 spiro atoms. The smallest absolute Gasteiger partial charge is 0.254 e. The number of benzene rings is 2. The molecule has 148 valence electrons. The zero-order valence-electron chi connectivity index (χ0n) is 16.1. The van der Waals surface area contributed by atoms with Crippen molar-refractivity contribution in [3.05, 3.63) is 81.4 Å². The van der Waals surface area contributed by atoms with Crippen LogP contribution in [0.3, 0.4) is 0 Å². The Bertz CT molecular complexity index is 1090. The highest BCUT2D eigenvalue weighted by molar-refractivity contribution is 6.30. The van der Waals surface area contributed by atoms with Crippen LogP contribution in [-0.2, 0) is 4.79 Å². The van der Waals surface area contributed by atoms with Crippen LogP contribution in [0.2, 0.25) is 5.02 Å². The molecular formula is C22H19ClFN3O2. The SMILES string of the molecule is COc1ccccc1NC(=O)C1=C(C)NC(C)=C(C#N)C1c1ccc(Cl)cc1F. The molecule has 1 heterocycles. The highest BCUT2D eigenvalue weighted by Crippen LogP contribution is 2.40. The summed E-state index contributed by atoms with van der Waals surface area (Å²) in [6.45, 7) is 3.44. The molecule has 7 heteroatoms. The summed E-state index contributed by atoms with van der Waals surface area (Å²) >= 11 is 5.89. The van der Waals surface area contributed by atoms with Crippen molar-refractivity contribution in [2.75, 3.05) is 12.4 Å². The number of hydrogen-bond acceptors (Lipinski definition) is 4. The number of nitriles is 1. The number of anilines is 1. The van der Waals surface area contributed by atoms with Gasteiger partial charge in [-0.05, 0) is 38.1 Å². The summed E-state index contributed by atoms with van der Waals surface area (Å²) < 4.78 is 20.1. The minimum Gasteiger partial charge on any atom is -0.495 e. The fraction of sp³-hybridized carbons (Fsp3) is 0.182. The van der Waals surface area contributed by atoms with Crippen LogP contribution >= 0.6 is 11.6 Å². The van der Waals surface area contributed by atoms with E-state index in [4.69, 9.17) is 16.3 Å². The third-order valence-corrected chi connectivity index (χ3v) is 4.99. The molecule has 2 aromatic carbocycles. The number of nitrogens with zero attached hydrogens (tertiary/aromatic N) is 1. The lowest BCUT2D eigenvalue weighted by atomic mass is 9.80. The largest absolute Gasteiger partial charge is 0.495 e. The van der Waals surface area contributed by atoms with E-state index in [-0.39, 0.29) is 21.7 Å². The van der Waals surface area contributed by atoms with Crippen LogP contribution in [0.25, 0.3) is 0 Å². The van der Waals surface area contributed by atoms with Crippen LogP contribution < -0.4 is 15.4 Å². The molecule has 0 aliphatic carbocycles. The lowest BCUT2D eigenvalue weighted by Crippen LogP contribution is -2.31. The fourth-order valence-corrected chi connectivity index (χ4v) is 3.59. The molecule has 29 heavy (non-hydrogen) atoms. The van der Waals surface area contributed by atoms with Gasteiger partial charge in [-0.3, -0.25) is 4.79 Å². The number of carbonyl (C=O) groups is 1. The van der Waals surface area contributed by atoms with E-state index in [1.54, 1.807) is 38.1 Å². The lowest BCUT2D eigenvalue weighted by molar-refractivity contribution is -0.113. The minimum absolute atomic E-state index is 0.205. The zero-order chi connectivity index (χ0) is 21.1. The second-order valence-corrected chi connectivity index (χ2v) is 7.00. The maximum absolute atomic E-state index is 14.8. The molecular weight excluding hydrogens is 393 g/mol. The van der Waals surface area contributed by atoms with Crippen molar-refractivity contribution in [2.45, 2.75) is 19.8 Å². The van der Waals surface area contributed by atoms with E-state index in [1.165, 1.54) is 25.3 Å². The number of nitrogens with one attached hydrogen (secondary N) is 2. The number of methoxy groups -OCH3 is 1. The molecule has 0 aromatic heterocycles. The van der Waals surface area contributed by atoms with E-state index in [9.17, 15) is 14.4 Å². The first-order valence-electron chi connectivity index (χ1n) is 8.85. The van der Waals surface area contributed by atoms with Crippen molar-refractivity contribution in [3.63, 3.8) is 0 Å². The number of carbonyl (C=O) groups excluding carboxylic acids is 1. The Morgan fingerprint density at radius 3 is 2.62 bits per heavy atom. The summed E-state index contributed by atoms with van der Waals surface area (Å²) in [5, 5.41) is 15.8. The van der Waals surface area contributed by atoms with Crippen LogP contribution in [0.5, 0.6) is 5.75 Å². The van der Waals surface area contributed by atoms with Crippen LogP contribution in [0.1, 0.15) is 25.3 Å². The highest BCUT2D eigenvalue weighted by Gasteiger charge is 2.35. The Hall–Kier alpha value is -3.30. The van der Waals surface area contributed by atoms with Crippen LogP contribution in [0, 0.1) is 17.1 Å². The van der Waals surface area contributed by atoms with Gasteiger partial charge in [-0.15, -0.1) is 0 Å². The Kier molecular flexibility index (Phi) is 5.90. The zero-order valence-corrected chi connectivity index (χ0v) is 16.9. The van der Waals surface area contributed by atoms with Gasteiger partial charge < -0.3 is 15.4 Å². The first-order valence-corrected chi connectivity index (χ1v) is 9.23. The van der Waals surface area contributed by atoms with Crippen molar-refractivity contribution in [3.8, 4) is 11.8 Å². The van der Waals surface area contributed by atoms with Gasteiger partial charge in [0.05, 0.1) is 30.4 Å². The topological polar surface area (TPSA) is 74.2 Å². The fourth-order valence-electron chi connectivity index (χ4n) is 3.43. The normalized spacial score (nSPS) is 16.2. The van der Waals surface area contributed by atoms with Crippen molar-refractivity contribution in [2.24, 2.45) is 0 Å². The molecule has 0 fully saturated rings. The van der Waals surface area contributed by atoms with Gasteiger partial charge in [-0.25, -0.2) is 4.39 Å². The predicted molar refractivity (Wildman–Crippen MR) is 110 cm³/mol. The summed E-state index contributed by atoms with van der Waals surface area (Å²) in [6, 6.07) is 13.3. The van der Waals surface area contributed by atoms with E-state index < -0.39 is 17.6 Å². The summed E-state index contributed by atoms with van der Waals surface area (Å²) in [5.41, 5.74) is 2.30. The predicted octanol–water partition coefficient (Wildman–Crippen LogP) is 4.88. The van der Waals surface area contributed by atoms with Crippen LogP contribution in [-0.4, -0.2) is 13.0 Å². The number of halogens is 2. The third kappa shape index (κ3) is 3.96. The standard InChI is InChI=1S/C22H19ClFN3O2/c1-12-16(11-25)21(15-9-8-14(23)10-17(15)24)20(13(2)26-12)22(28)27-18-6-4-5-7-19(18)29-3/h4-10,21,26H,1-3H3,(H,27,28). The van der Waals surface area contributed by atoms with Gasteiger partial charge in [0, 0.05) is 27.6 Å². The van der Waals surface area contributed by atoms with Gasteiger partial charge in [0.25, 0.3) is 5.91 Å². The molecule has 2 N–H and O–H groups in total. The van der Waals surface area contributed by atoms with Crippen LogP contribution in [0.15, 0.2) is 65.0 Å². The maximum atomic E-state index is 14.8.